The van der Waals surface area contributed by atoms with Crippen LogP contribution in [0.5, 0.6) is 0 Å². The van der Waals surface area contributed by atoms with Crippen LogP contribution in [0.1, 0.15) is 27.8 Å². The molecule has 0 fully saturated rings. The van der Waals surface area contributed by atoms with Gasteiger partial charge in [0.1, 0.15) is 17.4 Å². The average molecular weight is 1060 g/mol. The maximum atomic E-state index is 16.9. The van der Waals surface area contributed by atoms with Crippen molar-refractivity contribution in [1.29, 1.82) is 26.3 Å². The first-order valence-electron chi connectivity index (χ1n) is 25.2. The molecule has 12 nitrogen and oxygen atoms in total. The second-order valence-corrected chi connectivity index (χ2v) is 19.2. The van der Waals surface area contributed by atoms with Gasteiger partial charge in [0.2, 0.25) is 0 Å². The number of nitrogens with zero attached hydrogens (tertiary/aromatic N) is 12. The lowest BCUT2D eigenvalue weighted by Crippen LogP contribution is -2.06. The van der Waals surface area contributed by atoms with Crippen LogP contribution in [0.2, 0.25) is 0 Å². The molecule has 376 valence electrons. The molecular formula is C70H29FN12. The number of fused-ring (bicyclic) bond motifs is 6. The van der Waals surface area contributed by atoms with Crippen molar-refractivity contribution in [2.45, 2.75) is 0 Å². The fourth-order valence-corrected chi connectivity index (χ4v) is 11.0. The molecule has 0 spiro atoms. The van der Waals surface area contributed by atoms with Gasteiger partial charge in [-0.2, -0.15) is 26.3 Å². The Bertz CT molecular complexity index is 4810. The van der Waals surface area contributed by atoms with Gasteiger partial charge in [0.05, 0.1) is 107 Å². The van der Waals surface area contributed by atoms with E-state index in [0.717, 1.165) is 27.6 Å². The molecule has 0 amide bonds. The summed E-state index contributed by atoms with van der Waals surface area (Å²) in [6.07, 6.45) is 0. The van der Waals surface area contributed by atoms with E-state index in [1.54, 1.807) is 60.7 Å². The van der Waals surface area contributed by atoms with Gasteiger partial charge in [0.25, 0.3) is 0 Å². The SMILES string of the molecule is [C-]#[N+]c1ccc(-c2ccc3c4ccc(-c5ccc(C#N)cc5C#N)cc4n(-c4cc(-c5ccc(C#N)cc5F)cc(-n5c6cc(-c7ccc(C#N)cc7[N+]#[C-])ccc6c6ccc(-c7ccc([N+]#[C-])cc7[N+]#[C-])cc65)c4C#N)c3c2)c([N+]#[C-])c1. The number of rotatable bonds is 7. The van der Waals surface area contributed by atoms with E-state index in [9.17, 15) is 26.3 Å². The number of hydrogen-bond donors (Lipinski definition) is 0. The monoisotopic (exact) mass is 1060 g/mol. The second kappa shape index (κ2) is 20.2. The zero-order chi connectivity index (χ0) is 57.6. The van der Waals surface area contributed by atoms with E-state index < -0.39 is 5.82 Å². The van der Waals surface area contributed by atoms with Gasteiger partial charge in [-0.15, -0.1) is 0 Å². The molecule has 0 bridgehead atoms. The molecule has 2 heterocycles. The Labute approximate surface area is 473 Å². The Kier molecular flexibility index (Phi) is 12.3. The van der Waals surface area contributed by atoms with E-state index in [1.807, 2.05) is 88.0 Å². The van der Waals surface area contributed by atoms with Gasteiger partial charge in [-0.05, 0) is 123 Å². The van der Waals surface area contributed by atoms with Gasteiger partial charge in [-0.3, -0.25) is 0 Å². The molecule has 0 saturated heterocycles. The molecule has 10 aromatic carbocycles. The number of halogens is 1. The third-order valence-corrected chi connectivity index (χ3v) is 14.9. The van der Waals surface area contributed by atoms with Crippen molar-refractivity contribution in [3.63, 3.8) is 0 Å². The maximum Gasteiger partial charge on any atom is 0.196 e. The van der Waals surface area contributed by atoms with Crippen LogP contribution < -0.4 is 0 Å². The predicted molar refractivity (Wildman–Crippen MR) is 317 cm³/mol. The summed E-state index contributed by atoms with van der Waals surface area (Å²) in [6.45, 7) is 39.8. The van der Waals surface area contributed by atoms with E-state index in [-0.39, 0.29) is 56.4 Å². The van der Waals surface area contributed by atoms with Gasteiger partial charge in [-0.25, -0.2) is 28.6 Å². The van der Waals surface area contributed by atoms with Crippen molar-refractivity contribution >= 4 is 72.0 Å². The average Bonchev–Trinajstić information content (AvgIpc) is 2.60. The highest BCUT2D eigenvalue weighted by molar-refractivity contribution is 6.14. The van der Waals surface area contributed by atoms with Crippen LogP contribution in [0.25, 0.3) is 135 Å². The molecule has 2 aromatic heterocycles. The highest BCUT2D eigenvalue weighted by Crippen LogP contribution is 2.46. The lowest BCUT2D eigenvalue weighted by Gasteiger charge is -2.19. The van der Waals surface area contributed by atoms with Crippen LogP contribution in [0.4, 0.5) is 32.8 Å². The minimum atomic E-state index is -0.717. The van der Waals surface area contributed by atoms with Crippen molar-refractivity contribution in [3.8, 4) is 97.4 Å². The summed E-state index contributed by atoms with van der Waals surface area (Å²) < 4.78 is 20.7. The Morgan fingerprint density at radius 1 is 0.325 bits per heavy atom. The second-order valence-electron chi connectivity index (χ2n) is 19.2. The summed E-state index contributed by atoms with van der Waals surface area (Å²) in [5, 5.41) is 54.9. The fraction of sp³-hybridized carbons (Fsp3) is 0. The lowest BCUT2D eigenvalue weighted by atomic mass is 9.97. The molecule has 12 rings (SSSR count). The summed E-state index contributed by atoms with van der Waals surface area (Å²) in [5.74, 6) is -0.717. The van der Waals surface area contributed by atoms with Gasteiger partial charge in [0.15, 0.2) is 28.4 Å². The first-order chi connectivity index (χ1) is 40.6. The van der Waals surface area contributed by atoms with Crippen LogP contribution in [0.15, 0.2) is 176 Å². The zero-order valence-electron chi connectivity index (χ0n) is 43.0. The molecule has 83 heavy (non-hydrogen) atoms. The fourth-order valence-electron chi connectivity index (χ4n) is 11.0. The maximum absolute atomic E-state index is 16.9. The Morgan fingerprint density at radius 3 is 1.08 bits per heavy atom. The van der Waals surface area contributed by atoms with Crippen molar-refractivity contribution in [2.24, 2.45) is 0 Å². The van der Waals surface area contributed by atoms with E-state index in [1.165, 1.54) is 36.4 Å². The molecule has 12 aromatic rings. The number of hydrogen-bond acceptors (Lipinski definition) is 5. The van der Waals surface area contributed by atoms with E-state index >= 15 is 4.39 Å². The summed E-state index contributed by atoms with van der Waals surface area (Å²) in [5.41, 5.74) is 10.2. The standard InChI is InChI=1S/C70H29FN12/c1-77-49-13-22-54(63(33-49)80-4)45-11-20-57-56-18-9-43(51-15-6-40(35-72)24-48(51)38-75)27-65(56)82(67(57)29-45)69-31-47(52-16-7-41(36-73)25-61(52)71)32-70(60(69)39-76)83-66-28-44(53-17-8-42(37-74)26-62(53)79-3)10-19-58(66)59-21-12-46(30-68(59)83)55-23-14-50(78-2)34-64(55)81-5/h6-34H. The molecule has 0 saturated carbocycles. The molecule has 0 aliphatic heterocycles. The molecule has 13 heteroatoms. The van der Waals surface area contributed by atoms with Crippen LogP contribution in [0, 0.1) is 95.3 Å². The number of nitriles is 5. The minimum Gasteiger partial charge on any atom is -0.308 e. The van der Waals surface area contributed by atoms with Crippen molar-refractivity contribution in [3.05, 3.63) is 267 Å². The van der Waals surface area contributed by atoms with E-state index in [0.29, 0.717) is 89.0 Å². The first-order valence-corrected chi connectivity index (χ1v) is 25.2. The molecule has 0 aliphatic rings. The number of aromatic nitrogens is 2. The first kappa shape index (κ1) is 50.4. The Hall–Kier alpha value is -13.4. The number of benzene rings is 10. The molecule has 0 aliphatic carbocycles. The third kappa shape index (κ3) is 8.30. The highest BCUT2D eigenvalue weighted by Gasteiger charge is 2.26. The molecule has 0 unspecified atom stereocenters. The molecule has 0 radical (unpaired) electrons. The minimum absolute atomic E-state index is 0.0813. The van der Waals surface area contributed by atoms with Crippen LogP contribution in [0.3, 0.4) is 0 Å². The quantitative estimate of drug-likeness (QED) is 0.146. The van der Waals surface area contributed by atoms with E-state index in [4.69, 9.17) is 32.9 Å². The highest BCUT2D eigenvalue weighted by atomic mass is 19.1. The predicted octanol–water partition coefficient (Wildman–Crippen LogP) is 18.5. The van der Waals surface area contributed by atoms with Gasteiger partial charge < -0.3 is 9.13 Å². The molecule has 0 atom stereocenters. The van der Waals surface area contributed by atoms with Crippen LogP contribution in [-0.4, -0.2) is 9.13 Å². The lowest BCUT2D eigenvalue weighted by molar-refractivity contribution is 0.631. The van der Waals surface area contributed by atoms with Gasteiger partial charge in [0, 0.05) is 32.7 Å². The molecular weight excluding hydrogens is 1030 g/mol. The molecule has 0 N–H and O–H groups in total. The van der Waals surface area contributed by atoms with Crippen LogP contribution in [-0.2, 0) is 0 Å². The summed E-state index contributed by atoms with van der Waals surface area (Å²) in [7, 11) is 0. The third-order valence-electron chi connectivity index (χ3n) is 14.9. The van der Waals surface area contributed by atoms with Crippen molar-refractivity contribution in [2.75, 3.05) is 0 Å². The normalized spacial score (nSPS) is 10.6. The topological polar surface area (TPSA) is 151 Å². The smallest absolute Gasteiger partial charge is 0.196 e. The zero-order valence-corrected chi connectivity index (χ0v) is 43.0. The van der Waals surface area contributed by atoms with Crippen molar-refractivity contribution in [1.82, 2.24) is 9.13 Å². The summed E-state index contributed by atoms with van der Waals surface area (Å²) >= 11 is 0. The Morgan fingerprint density at radius 2 is 0.699 bits per heavy atom. The summed E-state index contributed by atoms with van der Waals surface area (Å²) in [4.78, 5) is 18.5. The Balaban J connectivity index is 1.26. The largest absolute Gasteiger partial charge is 0.308 e. The van der Waals surface area contributed by atoms with Gasteiger partial charge in [-0.1, -0.05) is 103 Å². The van der Waals surface area contributed by atoms with Gasteiger partial charge >= 0.3 is 0 Å². The van der Waals surface area contributed by atoms with Crippen molar-refractivity contribution < 1.29 is 4.39 Å². The van der Waals surface area contributed by atoms with Crippen LogP contribution >= 0.6 is 0 Å². The summed E-state index contributed by atoms with van der Waals surface area (Å²) in [6, 6.07) is 60.9. The van der Waals surface area contributed by atoms with E-state index in [2.05, 4.69) is 48.5 Å².